The summed E-state index contributed by atoms with van der Waals surface area (Å²) in [5.74, 6) is 0.978. The van der Waals surface area contributed by atoms with Gasteiger partial charge in [0.15, 0.2) is 0 Å². The molecular weight excluding hydrogens is 240 g/mol. The molecule has 0 N–H and O–H groups in total. The summed E-state index contributed by atoms with van der Waals surface area (Å²) in [7, 11) is 0. The molecule has 0 bridgehead atoms. The van der Waals surface area contributed by atoms with Gasteiger partial charge in [-0.15, -0.1) is 0 Å². The lowest BCUT2D eigenvalue weighted by Gasteiger charge is -2.31. The lowest BCUT2D eigenvalue weighted by Crippen LogP contribution is -2.45. The van der Waals surface area contributed by atoms with Crippen LogP contribution in [0.4, 0.5) is 4.79 Å². The Balaban J connectivity index is 1.74. The van der Waals surface area contributed by atoms with E-state index >= 15 is 0 Å². The molecule has 0 saturated carbocycles. The van der Waals surface area contributed by atoms with Gasteiger partial charge in [0.1, 0.15) is 0 Å². The van der Waals surface area contributed by atoms with Gasteiger partial charge in [-0.05, 0) is 6.92 Å². The normalized spacial score (nSPS) is 25.5. The number of morpholine rings is 1. The van der Waals surface area contributed by atoms with Gasteiger partial charge in [-0.3, -0.25) is 9.59 Å². The number of carbonyl (C=O) groups excluding carboxylic acids is 2. The van der Waals surface area contributed by atoms with Crippen LogP contribution in [0.3, 0.4) is 0 Å². The van der Waals surface area contributed by atoms with Crippen molar-refractivity contribution < 1.29 is 14.3 Å². The summed E-state index contributed by atoms with van der Waals surface area (Å²) in [6.45, 7) is 5.26. The number of rotatable bonds is 3. The van der Waals surface area contributed by atoms with Gasteiger partial charge in [-0.25, -0.2) is 0 Å². The Morgan fingerprint density at radius 2 is 2.35 bits per heavy atom. The summed E-state index contributed by atoms with van der Waals surface area (Å²) in [6.07, 6.45) is 0.552. The lowest BCUT2D eigenvalue weighted by atomic mass is 10.2. The van der Waals surface area contributed by atoms with E-state index in [-0.39, 0.29) is 17.3 Å². The van der Waals surface area contributed by atoms with Gasteiger partial charge in [0, 0.05) is 38.4 Å². The smallest absolute Gasteiger partial charge is 0.281 e. The molecule has 0 aromatic heterocycles. The molecule has 0 aliphatic carbocycles. The van der Waals surface area contributed by atoms with Crippen LogP contribution in [0.1, 0.15) is 13.3 Å². The highest BCUT2D eigenvalue weighted by Gasteiger charge is 2.24. The van der Waals surface area contributed by atoms with E-state index in [1.54, 1.807) is 4.90 Å². The number of thioether (sulfide) groups is 1. The fraction of sp³-hybridized carbons (Fsp3) is 0.818. The maximum absolute atomic E-state index is 11.9. The summed E-state index contributed by atoms with van der Waals surface area (Å²) >= 11 is 1.34. The van der Waals surface area contributed by atoms with E-state index in [9.17, 15) is 9.59 Å². The van der Waals surface area contributed by atoms with Gasteiger partial charge in [-0.2, -0.15) is 0 Å². The molecule has 2 aliphatic heterocycles. The second-order valence-electron chi connectivity index (χ2n) is 4.37. The molecule has 6 heteroatoms. The molecular formula is C11H18N2O3S. The Bertz CT molecular complexity index is 311. The second-order valence-corrected chi connectivity index (χ2v) is 5.42. The predicted molar refractivity (Wildman–Crippen MR) is 66.0 cm³/mol. The van der Waals surface area contributed by atoms with E-state index in [0.717, 1.165) is 12.3 Å². The zero-order chi connectivity index (χ0) is 12.3. The van der Waals surface area contributed by atoms with Gasteiger partial charge in [0.05, 0.1) is 12.7 Å². The Hall–Kier alpha value is -0.750. The van der Waals surface area contributed by atoms with Crippen LogP contribution < -0.4 is 0 Å². The molecule has 2 amide bonds. The average molecular weight is 258 g/mol. The lowest BCUT2D eigenvalue weighted by molar-refractivity contribution is -0.138. The minimum Gasteiger partial charge on any atom is -0.375 e. The van der Waals surface area contributed by atoms with Gasteiger partial charge >= 0.3 is 0 Å². The second kappa shape index (κ2) is 5.73. The predicted octanol–water partition coefficient (Wildman–Crippen LogP) is 0.793. The van der Waals surface area contributed by atoms with Gasteiger partial charge in [0.25, 0.3) is 5.24 Å². The first-order chi connectivity index (χ1) is 8.16. The minimum atomic E-state index is 0.105. The fourth-order valence-corrected chi connectivity index (χ4v) is 2.91. The first-order valence-electron chi connectivity index (χ1n) is 5.98. The number of amides is 2. The van der Waals surface area contributed by atoms with Crippen LogP contribution in [0.25, 0.3) is 0 Å². The fourth-order valence-electron chi connectivity index (χ4n) is 2.06. The maximum atomic E-state index is 11.9. The van der Waals surface area contributed by atoms with Crippen molar-refractivity contribution in [1.29, 1.82) is 0 Å². The maximum Gasteiger partial charge on any atom is 0.281 e. The molecule has 0 radical (unpaired) electrons. The van der Waals surface area contributed by atoms with Crippen molar-refractivity contribution in [1.82, 2.24) is 9.80 Å². The van der Waals surface area contributed by atoms with Gasteiger partial charge < -0.3 is 14.5 Å². The van der Waals surface area contributed by atoms with Crippen LogP contribution in [0.2, 0.25) is 0 Å². The van der Waals surface area contributed by atoms with Crippen LogP contribution >= 0.6 is 11.8 Å². The summed E-state index contributed by atoms with van der Waals surface area (Å²) in [6, 6.07) is 0. The quantitative estimate of drug-likeness (QED) is 0.751. The molecule has 2 aliphatic rings. The van der Waals surface area contributed by atoms with E-state index < -0.39 is 0 Å². The summed E-state index contributed by atoms with van der Waals surface area (Å²) in [5.41, 5.74) is 0. The van der Waals surface area contributed by atoms with E-state index in [1.165, 1.54) is 11.8 Å². The van der Waals surface area contributed by atoms with Crippen molar-refractivity contribution >= 4 is 22.9 Å². The van der Waals surface area contributed by atoms with Crippen molar-refractivity contribution in [3.63, 3.8) is 0 Å². The number of hydrogen-bond donors (Lipinski definition) is 0. The van der Waals surface area contributed by atoms with Crippen molar-refractivity contribution in [3.05, 3.63) is 0 Å². The minimum absolute atomic E-state index is 0.105. The third-order valence-electron chi connectivity index (χ3n) is 3.03. The highest BCUT2D eigenvalue weighted by atomic mass is 32.2. The van der Waals surface area contributed by atoms with E-state index in [2.05, 4.69) is 0 Å². The molecule has 17 heavy (non-hydrogen) atoms. The van der Waals surface area contributed by atoms with Gasteiger partial charge in [-0.1, -0.05) is 11.8 Å². The van der Waals surface area contributed by atoms with Gasteiger partial charge in [0.2, 0.25) is 5.91 Å². The van der Waals surface area contributed by atoms with Crippen molar-refractivity contribution in [3.8, 4) is 0 Å². The third kappa shape index (κ3) is 3.35. The number of carbonyl (C=O) groups is 2. The molecule has 5 nitrogen and oxygen atoms in total. The molecule has 0 spiro atoms. The largest absolute Gasteiger partial charge is 0.375 e. The number of hydrogen-bond acceptors (Lipinski definition) is 4. The number of nitrogens with zero attached hydrogens (tertiary/aromatic N) is 2. The molecule has 2 heterocycles. The molecule has 2 saturated heterocycles. The van der Waals surface area contributed by atoms with E-state index in [4.69, 9.17) is 4.74 Å². The Labute approximate surface area is 105 Å². The van der Waals surface area contributed by atoms with Crippen molar-refractivity contribution in [2.24, 2.45) is 0 Å². The molecule has 0 unspecified atom stereocenters. The molecule has 96 valence electrons. The first kappa shape index (κ1) is 12.7. The average Bonchev–Trinajstić information content (AvgIpc) is 2.72. The van der Waals surface area contributed by atoms with Crippen LogP contribution in [-0.4, -0.2) is 65.6 Å². The van der Waals surface area contributed by atoms with E-state index in [0.29, 0.717) is 32.7 Å². The van der Waals surface area contributed by atoms with Crippen LogP contribution in [0, 0.1) is 0 Å². The highest BCUT2D eigenvalue weighted by Crippen LogP contribution is 2.17. The molecule has 2 rings (SSSR count). The summed E-state index contributed by atoms with van der Waals surface area (Å²) in [5, 5.41) is 0.105. The molecule has 0 aromatic carbocycles. The Morgan fingerprint density at radius 3 is 3.00 bits per heavy atom. The van der Waals surface area contributed by atoms with E-state index in [1.807, 2.05) is 11.8 Å². The Morgan fingerprint density at radius 1 is 1.53 bits per heavy atom. The first-order valence-corrected chi connectivity index (χ1v) is 6.96. The van der Waals surface area contributed by atoms with Crippen LogP contribution in [0.5, 0.6) is 0 Å². The zero-order valence-corrected chi connectivity index (χ0v) is 10.9. The van der Waals surface area contributed by atoms with Crippen molar-refractivity contribution in [2.75, 3.05) is 38.5 Å². The zero-order valence-electron chi connectivity index (χ0n) is 10.1. The topological polar surface area (TPSA) is 49.9 Å². The Kier molecular flexibility index (Phi) is 4.28. The summed E-state index contributed by atoms with van der Waals surface area (Å²) in [4.78, 5) is 26.9. The SMILES string of the molecule is C[C@@H]1CN(C(=O)CCN2CCSC2=O)CCO1. The third-order valence-corrected chi connectivity index (χ3v) is 3.93. The van der Waals surface area contributed by atoms with Crippen LogP contribution in [-0.2, 0) is 9.53 Å². The van der Waals surface area contributed by atoms with Crippen molar-refractivity contribution in [2.45, 2.75) is 19.4 Å². The highest BCUT2D eigenvalue weighted by molar-refractivity contribution is 8.13. The molecule has 0 aromatic rings. The summed E-state index contributed by atoms with van der Waals surface area (Å²) < 4.78 is 5.39. The molecule has 2 fully saturated rings. The molecule has 1 atom stereocenters. The van der Waals surface area contributed by atoms with Crippen LogP contribution in [0.15, 0.2) is 0 Å². The monoisotopic (exact) mass is 258 g/mol. The standard InChI is InChI=1S/C11H18N2O3S/c1-9-8-13(4-6-16-9)10(14)2-3-12-5-7-17-11(12)15/h9H,2-8H2,1H3/t9-/m1/s1. The number of ether oxygens (including phenoxy) is 1.